The molecule has 1 heterocycles. The van der Waals surface area contributed by atoms with Gasteiger partial charge in [-0.25, -0.2) is 4.98 Å². The first-order chi connectivity index (χ1) is 14.9. The highest BCUT2D eigenvalue weighted by molar-refractivity contribution is 5.94. The van der Waals surface area contributed by atoms with Gasteiger partial charge >= 0.3 is 0 Å². The number of nitrogens with one attached hydrogen (secondary N) is 1. The van der Waals surface area contributed by atoms with Crippen LogP contribution < -0.4 is 5.32 Å². The highest BCUT2D eigenvalue weighted by Crippen LogP contribution is 2.27. The summed E-state index contributed by atoms with van der Waals surface area (Å²) in [6.07, 6.45) is 3.15. The molecule has 4 rings (SSSR count). The summed E-state index contributed by atoms with van der Waals surface area (Å²) in [6.45, 7) is 4.08. The minimum atomic E-state index is -0.0109. The summed E-state index contributed by atoms with van der Waals surface area (Å²) in [5.41, 5.74) is 3.03. The second-order valence-corrected chi connectivity index (χ2v) is 8.81. The molecule has 1 fully saturated rings. The standard InChI is InChI=1S/C25H29N3O3/c1-16(2)14-23(29)26-19-12-13-20(15-19)28(3)25(30)18-10-8-17(9-11-18)24-27-21-6-4-5-7-22(21)31-24/h4-11,16,19-20H,12-15H2,1-3H3,(H,26,29)/t19-,20+/m0/s1. The van der Waals surface area contributed by atoms with Gasteiger partial charge in [-0.3, -0.25) is 9.59 Å². The Labute approximate surface area is 182 Å². The summed E-state index contributed by atoms with van der Waals surface area (Å²) in [5.74, 6) is 0.983. The molecular weight excluding hydrogens is 390 g/mol. The zero-order valence-corrected chi connectivity index (χ0v) is 18.3. The van der Waals surface area contributed by atoms with E-state index in [-0.39, 0.29) is 23.9 Å². The van der Waals surface area contributed by atoms with E-state index in [9.17, 15) is 9.59 Å². The number of aromatic nitrogens is 1. The second kappa shape index (κ2) is 8.92. The van der Waals surface area contributed by atoms with Crippen LogP contribution in [0.4, 0.5) is 0 Å². The topological polar surface area (TPSA) is 75.4 Å². The van der Waals surface area contributed by atoms with Crippen LogP contribution in [0.25, 0.3) is 22.6 Å². The fourth-order valence-corrected chi connectivity index (χ4v) is 4.22. The third-order valence-corrected chi connectivity index (χ3v) is 5.90. The third-order valence-electron chi connectivity index (χ3n) is 5.90. The molecule has 6 heteroatoms. The van der Waals surface area contributed by atoms with Gasteiger partial charge in [-0.15, -0.1) is 0 Å². The Hall–Kier alpha value is -3.15. The highest BCUT2D eigenvalue weighted by atomic mass is 16.3. The van der Waals surface area contributed by atoms with Gasteiger partial charge < -0.3 is 14.6 Å². The molecule has 0 bridgehead atoms. The van der Waals surface area contributed by atoms with Crippen LogP contribution in [-0.2, 0) is 4.79 Å². The van der Waals surface area contributed by atoms with Gasteiger partial charge in [-0.05, 0) is 61.6 Å². The van der Waals surface area contributed by atoms with Crippen LogP contribution in [0.2, 0.25) is 0 Å². The Bertz CT molecular complexity index is 1040. The maximum absolute atomic E-state index is 13.0. The molecule has 2 aromatic carbocycles. The minimum absolute atomic E-state index is 0.0109. The summed E-state index contributed by atoms with van der Waals surface area (Å²) in [7, 11) is 1.85. The van der Waals surface area contributed by atoms with Crippen LogP contribution in [0.1, 0.15) is 49.9 Å². The molecule has 2 atom stereocenters. The molecule has 1 aliphatic carbocycles. The molecule has 0 unspecified atom stereocenters. The number of carbonyl (C=O) groups is 2. The van der Waals surface area contributed by atoms with E-state index >= 15 is 0 Å². The van der Waals surface area contributed by atoms with Gasteiger partial charge in [0.1, 0.15) is 5.52 Å². The quantitative estimate of drug-likeness (QED) is 0.631. The van der Waals surface area contributed by atoms with E-state index in [1.807, 2.05) is 74.3 Å². The van der Waals surface area contributed by atoms with Crippen molar-refractivity contribution in [1.82, 2.24) is 15.2 Å². The van der Waals surface area contributed by atoms with Crippen LogP contribution >= 0.6 is 0 Å². The van der Waals surface area contributed by atoms with Crippen molar-refractivity contribution in [3.8, 4) is 11.5 Å². The number of para-hydroxylation sites is 2. The average molecular weight is 420 g/mol. The number of hydrogen-bond donors (Lipinski definition) is 1. The lowest BCUT2D eigenvalue weighted by molar-refractivity contribution is -0.122. The third kappa shape index (κ3) is 4.79. The Morgan fingerprint density at radius 1 is 1.13 bits per heavy atom. The maximum atomic E-state index is 13.0. The van der Waals surface area contributed by atoms with Crippen molar-refractivity contribution in [2.45, 2.75) is 51.6 Å². The highest BCUT2D eigenvalue weighted by Gasteiger charge is 2.31. The lowest BCUT2D eigenvalue weighted by atomic mass is 10.1. The molecule has 0 radical (unpaired) electrons. The van der Waals surface area contributed by atoms with Crippen molar-refractivity contribution >= 4 is 22.9 Å². The van der Waals surface area contributed by atoms with E-state index in [2.05, 4.69) is 10.3 Å². The summed E-state index contributed by atoms with van der Waals surface area (Å²) in [6, 6.07) is 15.3. The molecule has 0 aliphatic heterocycles. The number of benzene rings is 2. The number of amides is 2. The summed E-state index contributed by atoms with van der Waals surface area (Å²) in [5, 5.41) is 3.12. The zero-order valence-electron chi connectivity index (χ0n) is 18.3. The molecule has 0 saturated heterocycles. The lowest BCUT2D eigenvalue weighted by Crippen LogP contribution is -2.38. The molecule has 1 N–H and O–H groups in total. The zero-order chi connectivity index (χ0) is 22.0. The van der Waals surface area contributed by atoms with Crippen molar-refractivity contribution < 1.29 is 14.0 Å². The number of rotatable bonds is 6. The smallest absolute Gasteiger partial charge is 0.253 e. The predicted molar refractivity (Wildman–Crippen MR) is 121 cm³/mol. The number of nitrogens with zero attached hydrogens (tertiary/aromatic N) is 2. The second-order valence-electron chi connectivity index (χ2n) is 8.81. The molecule has 3 aromatic rings. The minimum Gasteiger partial charge on any atom is -0.436 e. The Morgan fingerprint density at radius 2 is 1.87 bits per heavy atom. The molecule has 1 aromatic heterocycles. The SMILES string of the molecule is CC(C)CC(=O)N[C@H]1CC[C@@H](N(C)C(=O)c2ccc(-c3nc4ccccc4o3)cc2)C1. The maximum Gasteiger partial charge on any atom is 0.253 e. The fraction of sp³-hybridized carbons (Fsp3) is 0.400. The fourth-order valence-electron chi connectivity index (χ4n) is 4.22. The molecular formula is C25H29N3O3. The van der Waals surface area contributed by atoms with E-state index in [4.69, 9.17) is 4.42 Å². The van der Waals surface area contributed by atoms with Crippen LogP contribution in [-0.4, -0.2) is 40.8 Å². The molecule has 162 valence electrons. The van der Waals surface area contributed by atoms with E-state index in [0.717, 1.165) is 35.9 Å². The van der Waals surface area contributed by atoms with Crippen molar-refractivity contribution in [3.05, 3.63) is 54.1 Å². The van der Waals surface area contributed by atoms with Crippen molar-refractivity contribution in [2.24, 2.45) is 5.92 Å². The van der Waals surface area contributed by atoms with Crippen LogP contribution in [0, 0.1) is 5.92 Å². The first-order valence-electron chi connectivity index (χ1n) is 10.9. The van der Waals surface area contributed by atoms with Gasteiger partial charge in [0.2, 0.25) is 11.8 Å². The summed E-state index contributed by atoms with van der Waals surface area (Å²) >= 11 is 0. The Kier molecular flexibility index (Phi) is 6.07. The first-order valence-corrected chi connectivity index (χ1v) is 10.9. The summed E-state index contributed by atoms with van der Waals surface area (Å²) < 4.78 is 5.81. The normalized spacial score (nSPS) is 18.5. The number of carbonyl (C=O) groups excluding carboxylic acids is 2. The van der Waals surface area contributed by atoms with E-state index in [1.54, 1.807) is 0 Å². The van der Waals surface area contributed by atoms with Gasteiger partial charge in [0.25, 0.3) is 5.91 Å². The molecule has 0 spiro atoms. The Balaban J connectivity index is 1.38. The molecule has 1 saturated carbocycles. The van der Waals surface area contributed by atoms with E-state index in [0.29, 0.717) is 23.8 Å². The number of hydrogen-bond acceptors (Lipinski definition) is 4. The van der Waals surface area contributed by atoms with Crippen molar-refractivity contribution in [1.29, 1.82) is 0 Å². The van der Waals surface area contributed by atoms with Gasteiger partial charge in [-0.1, -0.05) is 26.0 Å². The molecule has 6 nitrogen and oxygen atoms in total. The van der Waals surface area contributed by atoms with E-state index < -0.39 is 0 Å². The van der Waals surface area contributed by atoms with Crippen LogP contribution in [0.15, 0.2) is 52.9 Å². The van der Waals surface area contributed by atoms with Gasteiger partial charge in [0.05, 0.1) is 0 Å². The largest absolute Gasteiger partial charge is 0.436 e. The summed E-state index contributed by atoms with van der Waals surface area (Å²) in [4.78, 5) is 31.4. The van der Waals surface area contributed by atoms with Gasteiger partial charge in [-0.2, -0.15) is 0 Å². The number of fused-ring (bicyclic) bond motifs is 1. The molecule has 2 amide bonds. The van der Waals surface area contributed by atoms with Crippen molar-refractivity contribution in [3.63, 3.8) is 0 Å². The molecule has 1 aliphatic rings. The van der Waals surface area contributed by atoms with Crippen LogP contribution in [0.3, 0.4) is 0 Å². The van der Waals surface area contributed by atoms with E-state index in [1.165, 1.54) is 0 Å². The monoisotopic (exact) mass is 419 g/mol. The van der Waals surface area contributed by atoms with Gasteiger partial charge in [0, 0.05) is 36.7 Å². The van der Waals surface area contributed by atoms with Crippen LogP contribution in [0.5, 0.6) is 0 Å². The number of oxazole rings is 1. The molecule has 31 heavy (non-hydrogen) atoms. The lowest BCUT2D eigenvalue weighted by Gasteiger charge is -2.25. The van der Waals surface area contributed by atoms with Gasteiger partial charge in [0.15, 0.2) is 5.58 Å². The first kappa shape index (κ1) is 21.1. The van der Waals surface area contributed by atoms with Crippen molar-refractivity contribution in [2.75, 3.05) is 7.05 Å². The average Bonchev–Trinajstić information content (AvgIpc) is 3.39. The Morgan fingerprint density at radius 3 is 2.58 bits per heavy atom. The predicted octanol–water partition coefficient (Wildman–Crippen LogP) is 4.65.